The largest absolute Gasteiger partial charge is 0.489 e. The average molecular weight is 281 g/mol. The minimum atomic E-state index is 0.524. The molecule has 21 heavy (non-hydrogen) atoms. The lowest BCUT2D eigenvalue weighted by molar-refractivity contribution is 0.306. The molecule has 0 bridgehead atoms. The predicted molar refractivity (Wildman–Crippen MR) is 86.7 cm³/mol. The third-order valence-corrected chi connectivity index (χ3v) is 4.17. The van der Waals surface area contributed by atoms with E-state index < -0.39 is 0 Å². The molecule has 2 aromatic carbocycles. The molecule has 1 atom stereocenters. The van der Waals surface area contributed by atoms with Gasteiger partial charge >= 0.3 is 0 Å². The van der Waals surface area contributed by atoms with Gasteiger partial charge in [-0.15, -0.1) is 0 Å². The van der Waals surface area contributed by atoms with Crippen LogP contribution in [0.4, 0.5) is 0 Å². The van der Waals surface area contributed by atoms with Crippen molar-refractivity contribution in [1.82, 2.24) is 5.32 Å². The Balaban J connectivity index is 1.66. The van der Waals surface area contributed by atoms with Gasteiger partial charge in [-0.05, 0) is 55.1 Å². The summed E-state index contributed by atoms with van der Waals surface area (Å²) in [5.74, 6) is 0.978. The Hall–Kier alpha value is -1.80. The molecule has 2 heteroatoms. The van der Waals surface area contributed by atoms with E-state index in [0.29, 0.717) is 12.6 Å². The maximum atomic E-state index is 5.93. The topological polar surface area (TPSA) is 21.3 Å². The highest BCUT2D eigenvalue weighted by atomic mass is 16.5. The predicted octanol–water partition coefficient (Wildman–Crippen LogP) is 4.17. The molecule has 0 heterocycles. The molecule has 1 aliphatic carbocycles. The summed E-state index contributed by atoms with van der Waals surface area (Å²) in [7, 11) is 0. The summed E-state index contributed by atoms with van der Waals surface area (Å²) in [6.45, 7) is 5.93. The summed E-state index contributed by atoms with van der Waals surface area (Å²) < 4.78 is 5.93. The number of aryl methyl sites for hydroxylation is 2. The lowest BCUT2D eigenvalue weighted by atomic mass is 10.1. The Morgan fingerprint density at radius 2 is 1.95 bits per heavy atom. The van der Waals surface area contributed by atoms with E-state index >= 15 is 0 Å². The molecule has 0 aromatic heterocycles. The average Bonchev–Trinajstić information content (AvgIpc) is 2.90. The van der Waals surface area contributed by atoms with Gasteiger partial charge in [0.2, 0.25) is 0 Å². The van der Waals surface area contributed by atoms with Crippen molar-refractivity contribution >= 4 is 0 Å². The van der Waals surface area contributed by atoms with Crippen molar-refractivity contribution in [2.75, 3.05) is 6.54 Å². The van der Waals surface area contributed by atoms with Gasteiger partial charge in [0, 0.05) is 6.04 Å². The van der Waals surface area contributed by atoms with Gasteiger partial charge in [0.25, 0.3) is 0 Å². The zero-order chi connectivity index (χ0) is 14.7. The van der Waals surface area contributed by atoms with Gasteiger partial charge in [-0.1, -0.05) is 42.8 Å². The van der Waals surface area contributed by atoms with Crippen LogP contribution < -0.4 is 10.1 Å². The van der Waals surface area contributed by atoms with Crippen molar-refractivity contribution in [2.24, 2.45) is 0 Å². The van der Waals surface area contributed by atoms with E-state index in [1.807, 2.05) is 0 Å². The van der Waals surface area contributed by atoms with Crippen LogP contribution in [0, 0.1) is 6.92 Å². The van der Waals surface area contributed by atoms with E-state index in [4.69, 9.17) is 4.74 Å². The third-order valence-electron chi connectivity index (χ3n) is 4.17. The molecule has 0 saturated carbocycles. The fraction of sp³-hybridized carbons (Fsp3) is 0.368. The van der Waals surface area contributed by atoms with Crippen LogP contribution in [0.5, 0.6) is 5.75 Å². The van der Waals surface area contributed by atoms with Gasteiger partial charge in [-0.3, -0.25) is 0 Å². The Bertz CT molecular complexity index is 603. The standard InChI is InChI=1S/C19H23NO/c1-3-20-19-11-8-16-12-17(9-10-18(16)19)21-13-15-6-4-14(2)5-7-15/h4-7,9-10,12,19-20H,3,8,11,13H2,1-2H3. The van der Waals surface area contributed by atoms with Crippen molar-refractivity contribution in [2.45, 2.75) is 39.3 Å². The number of hydrogen-bond donors (Lipinski definition) is 1. The van der Waals surface area contributed by atoms with Crippen molar-refractivity contribution in [1.29, 1.82) is 0 Å². The second-order valence-corrected chi connectivity index (χ2v) is 5.78. The lowest BCUT2D eigenvalue weighted by Crippen LogP contribution is -2.18. The summed E-state index contributed by atoms with van der Waals surface area (Å²) in [6, 6.07) is 15.6. The molecule has 2 nitrogen and oxygen atoms in total. The van der Waals surface area contributed by atoms with Gasteiger partial charge in [0.05, 0.1) is 0 Å². The Kier molecular flexibility index (Phi) is 4.26. The smallest absolute Gasteiger partial charge is 0.120 e. The van der Waals surface area contributed by atoms with E-state index in [1.165, 1.54) is 28.7 Å². The van der Waals surface area contributed by atoms with Crippen LogP contribution in [0.1, 0.15) is 41.6 Å². The normalized spacial score (nSPS) is 16.8. The van der Waals surface area contributed by atoms with Crippen molar-refractivity contribution < 1.29 is 4.74 Å². The van der Waals surface area contributed by atoms with Crippen molar-refractivity contribution in [3.05, 3.63) is 64.7 Å². The molecule has 0 radical (unpaired) electrons. The number of nitrogens with one attached hydrogen (secondary N) is 1. The summed E-state index contributed by atoms with van der Waals surface area (Å²) in [4.78, 5) is 0. The number of hydrogen-bond acceptors (Lipinski definition) is 2. The molecule has 0 spiro atoms. The summed E-state index contributed by atoms with van der Waals surface area (Å²) in [5, 5.41) is 3.54. The molecular weight excluding hydrogens is 258 g/mol. The summed E-state index contributed by atoms with van der Waals surface area (Å²) in [5.41, 5.74) is 5.37. The highest BCUT2D eigenvalue weighted by molar-refractivity contribution is 5.40. The van der Waals surface area contributed by atoms with Crippen LogP contribution >= 0.6 is 0 Å². The van der Waals surface area contributed by atoms with Crippen LogP contribution in [0.15, 0.2) is 42.5 Å². The quantitative estimate of drug-likeness (QED) is 0.888. The van der Waals surface area contributed by atoms with Gasteiger partial charge in [0.1, 0.15) is 12.4 Å². The van der Waals surface area contributed by atoms with Gasteiger partial charge in [0.15, 0.2) is 0 Å². The van der Waals surface area contributed by atoms with E-state index in [1.54, 1.807) is 0 Å². The Labute approximate surface area is 127 Å². The molecule has 0 fully saturated rings. The molecule has 3 rings (SSSR count). The molecule has 2 aromatic rings. The molecule has 0 saturated heterocycles. The van der Waals surface area contributed by atoms with E-state index in [0.717, 1.165) is 18.7 Å². The molecule has 1 N–H and O–H groups in total. The first-order chi connectivity index (χ1) is 10.3. The highest BCUT2D eigenvalue weighted by Crippen LogP contribution is 2.33. The molecule has 1 aliphatic rings. The summed E-state index contributed by atoms with van der Waals surface area (Å²) >= 11 is 0. The fourth-order valence-electron chi connectivity index (χ4n) is 2.99. The van der Waals surface area contributed by atoms with E-state index in [2.05, 4.69) is 61.6 Å². The first kappa shape index (κ1) is 14.2. The second kappa shape index (κ2) is 6.31. The lowest BCUT2D eigenvalue weighted by Gasteiger charge is -2.13. The van der Waals surface area contributed by atoms with Crippen molar-refractivity contribution in [3.63, 3.8) is 0 Å². The number of benzene rings is 2. The highest BCUT2D eigenvalue weighted by Gasteiger charge is 2.21. The maximum absolute atomic E-state index is 5.93. The van der Waals surface area contributed by atoms with E-state index in [-0.39, 0.29) is 0 Å². The molecule has 110 valence electrons. The molecule has 0 amide bonds. The molecule has 0 aliphatic heterocycles. The Morgan fingerprint density at radius 1 is 1.14 bits per heavy atom. The van der Waals surface area contributed by atoms with Gasteiger partial charge < -0.3 is 10.1 Å². The maximum Gasteiger partial charge on any atom is 0.120 e. The van der Waals surface area contributed by atoms with Crippen LogP contribution in [0.3, 0.4) is 0 Å². The van der Waals surface area contributed by atoms with Gasteiger partial charge in [-0.2, -0.15) is 0 Å². The zero-order valence-corrected chi connectivity index (χ0v) is 12.9. The van der Waals surface area contributed by atoms with Crippen molar-refractivity contribution in [3.8, 4) is 5.75 Å². The van der Waals surface area contributed by atoms with E-state index in [9.17, 15) is 0 Å². The number of rotatable bonds is 5. The molecule has 1 unspecified atom stereocenters. The van der Waals surface area contributed by atoms with Crippen LogP contribution in [0.25, 0.3) is 0 Å². The zero-order valence-electron chi connectivity index (χ0n) is 12.9. The number of fused-ring (bicyclic) bond motifs is 1. The first-order valence-electron chi connectivity index (χ1n) is 7.81. The number of ether oxygens (including phenoxy) is 1. The van der Waals surface area contributed by atoms with Crippen LogP contribution in [-0.4, -0.2) is 6.54 Å². The second-order valence-electron chi connectivity index (χ2n) is 5.78. The third kappa shape index (κ3) is 3.27. The Morgan fingerprint density at radius 3 is 2.71 bits per heavy atom. The van der Waals surface area contributed by atoms with Crippen LogP contribution in [0.2, 0.25) is 0 Å². The first-order valence-corrected chi connectivity index (χ1v) is 7.81. The minimum Gasteiger partial charge on any atom is -0.489 e. The fourth-order valence-corrected chi connectivity index (χ4v) is 2.99. The minimum absolute atomic E-state index is 0.524. The van der Waals surface area contributed by atoms with Crippen LogP contribution in [-0.2, 0) is 13.0 Å². The SMILES string of the molecule is CCNC1CCc2cc(OCc3ccc(C)cc3)ccc21. The summed E-state index contributed by atoms with van der Waals surface area (Å²) in [6.07, 6.45) is 2.35. The monoisotopic (exact) mass is 281 g/mol. The molecular formula is C19H23NO. The van der Waals surface area contributed by atoms with Gasteiger partial charge in [-0.25, -0.2) is 0 Å².